The van der Waals surface area contributed by atoms with Crippen molar-refractivity contribution >= 4 is 23.0 Å². The van der Waals surface area contributed by atoms with E-state index in [1.165, 1.54) is 31.4 Å². The minimum atomic E-state index is -1.11. The minimum absolute atomic E-state index is 0.0671. The van der Waals surface area contributed by atoms with Crippen LogP contribution in [0.2, 0.25) is 0 Å². The van der Waals surface area contributed by atoms with Crippen LogP contribution in [0, 0.1) is 0 Å². The molecule has 3 aromatic rings. The van der Waals surface area contributed by atoms with Crippen LogP contribution in [0.15, 0.2) is 54.7 Å². The van der Waals surface area contributed by atoms with E-state index in [0.29, 0.717) is 5.75 Å². The third-order valence-corrected chi connectivity index (χ3v) is 4.80. The Kier molecular flexibility index (Phi) is 6.73. The van der Waals surface area contributed by atoms with Gasteiger partial charge in [-0.3, -0.25) is 0 Å². The maximum atomic E-state index is 11.8. The largest absolute Gasteiger partial charge is 0.507 e. The fourth-order valence-corrected chi connectivity index (χ4v) is 3.30. The molecule has 7 nitrogen and oxygen atoms in total. The first kappa shape index (κ1) is 20.3. The highest BCUT2D eigenvalue weighted by molar-refractivity contribution is 5.90. The number of aromatic carboxylic acids is 1. The number of carboxylic acids is 1. The predicted molar refractivity (Wildman–Crippen MR) is 109 cm³/mol. The molecule has 1 amide bonds. The van der Waals surface area contributed by atoms with Gasteiger partial charge < -0.3 is 25.3 Å². The van der Waals surface area contributed by atoms with Crippen LogP contribution in [0.5, 0.6) is 11.5 Å². The summed E-state index contributed by atoms with van der Waals surface area (Å²) >= 11 is 0. The molecule has 1 heterocycles. The number of aromatic hydroxyl groups is 1. The van der Waals surface area contributed by atoms with E-state index >= 15 is 0 Å². The van der Waals surface area contributed by atoms with Gasteiger partial charge in [-0.1, -0.05) is 31.4 Å². The van der Waals surface area contributed by atoms with Crippen molar-refractivity contribution in [2.24, 2.45) is 0 Å². The molecule has 2 aromatic carbocycles. The summed E-state index contributed by atoms with van der Waals surface area (Å²) in [4.78, 5) is 25.2. The van der Waals surface area contributed by atoms with Crippen molar-refractivity contribution in [1.29, 1.82) is 0 Å². The maximum absolute atomic E-state index is 11.8. The first-order chi connectivity index (χ1) is 14.0. The topological polar surface area (TPSA) is 112 Å². The van der Waals surface area contributed by atoms with Crippen LogP contribution in [-0.2, 0) is 0 Å². The molecule has 0 spiro atoms. The number of aromatic nitrogens is 1. The Balaban J connectivity index is 0.000000204. The fourth-order valence-electron chi connectivity index (χ4n) is 3.30. The van der Waals surface area contributed by atoms with Crippen molar-refractivity contribution in [3.63, 3.8) is 0 Å². The number of para-hydroxylation sites is 1. The Morgan fingerprint density at radius 3 is 2.48 bits per heavy atom. The molecule has 4 N–H and O–H groups in total. The monoisotopic (exact) mass is 396 g/mol. The van der Waals surface area contributed by atoms with Gasteiger partial charge >= 0.3 is 12.1 Å². The van der Waals surface area contributed by atoms with Crippen LogP contribution in [0.25, 0.3) is 10.9 Å². The predicted octanol–water partition coefficient (Wildman–Crippen LogP) is 4.68. The van der Waals surface area contributed by atoms with E-state index in [1.807, 2.05) is 30.5 Å². The number of H-pyrrole nitrogens is 1. The van der Waals surface area contributed by atoms with E-state index in [9.17, 15) is 9.59 Å². The van der Waals surface area contributed by atoms with Crippen LogP contribution in [0.1, 0.15) is 42.5 Å². The average molecular weight is 396 g/mol. The second-order valence-electron chi connectivity index (χ2n) is 6.92. The number of ether oxygens (including phenoxy) is 1. The van der Waals surface area contributed by atoms with E-state index in [-0.39, 0.29) is 23.4 Å². The van der Waals surface area contributed by atoms with E-state index in [0.717, 1.165) is 23.7 Å². The molecule has 1 aliphatic carbocycles. The molecule has 0 unspecified atom stereocenters. The molecule has 4 rings (SSSR count). The fraction of sp³-hybridized carbons (Fsp3) is 0.273. The molecule has 1 aliphatic rings. The van der Waals surface area contributed by atoms with Gasteiger partial charge in [-0.2, -0.15) is 0 Å². The van der Waals surface area contributed by atoms with Crippen molar-refractivity contribution in [3.8, 4) is 11.5 Å². The summed E-state index contributed by atoms with van der Waals surface area (Å²) in [5, 5.41) is 21.4. The lowest BCUT2D eigenvalue weighted by Gasteiger charge is -2.22. The van der Waals surface area contributed by atoms with Crippen LogP contribution in [0.4, 0.5) is 4.79 Å². The molecule has 0 atom stereocenters. The molecule has 0 aliphatic heterocycles. The first-order valence-electron chi connectivity index (χ1n) is 9.59. The number of hydrogen-bond acceptors (Lipinski definition) is 4. The van der Waals surface area contributed by atoms with Crippen molar-refractivity contribution in [1.82, 2.24) is 10.3 Å². The summed E-state index contributed by atoms with van der Waals surface area (Å²) in [7, 11) is 0. The Hall–Kier alpha value is -3.48. The summed E-state index contributed by atoms with van der Waals surface area (Å²) in [6.45, 7) is 0. The lowest BCUT2D eigenvalue weighted by Crippen LogP contribution is -2.37. The smallest absolute Gasteiger partial charge is 0.412 e. The second-order valence-corrected chi connectivity index (χ2v) is 6.92. The minimum Gasteiger partial charge on any atom is -0.507 e. The van der Waals surface area contributed by atoms with Crippen LogP contribution in [0.3, 0.4) is 0 Å². The Morgan fingerprint density at radius 2 is 1.79 bits per heavy atom. The number of nitrogens with one attached hydrogen (secondary N) is 2. The zero-order chi connectivity index (χ0) is 20.6. The molecule has 7 heteroatoms. The molecule has 1 fully saturated rings. The van der Waals surface area contributed by atoms with Gasteiger partial charge in [0.2, 0.25) is 0 Å². The SMILES string of the molecule is O=C(NC1CCCCC1)Oc1ccc2cc[nH]c2c1.O=C(O)c1ccccc1O. The highest BCUT2D eigenvalue weighted by atomic mass is 16.6. The molecular weight excluding hydrogens is 372 g/mol. The van der Waals surface area contributed by atoms with Gasteiger partial charge in [-0.15, -0.1) is 0 Å². The van der Waals surface area contributed by atoms with Gasteiger partial charge in [0.25, 0.3) is 0 Å². The number of hydrogen-bond donors (Lipinski definition) is 4. The summed E-state index contributed by atoms with van der Waals surface area (Å²) < 4.78 is 5.32. The third-order valence-electron chi connectivity index (χ3n) is 4.80. The Labute approximate surface area is 168 Å². The standard InChI is InChI=1S/C15H18N2O2.C7H6O3/c18-15(17-12-4-2-1-3-5-12)19-13-7-6-11-8-9-16-14(11)10-13;8-6-4-2-1-3-5(6)7(9)10/h6-10,12,16H,1-5H2,(H,17,18);1-4,8H,(H,9,10). The van der Waals surface area contributed by atoms with Crippen molar-refractivity contribution in [3.05, 3.63) is 60.3 Å². The number of carboxylic acid groups (broad SMARTS) is 1. The summed E-state index contributed by atoms with van der Waals surface area (Å²) in [5.41, 5.74) is 0.908. The molecule has 1 aromatic heterocycles. The quantitative estimate of drug-likeness (QED) is 0.514. The average Bonchev–Trinajstić information content (AvgIpc) is 3.17. The number of carbonyl (C=O) groups excluding carboxylic acids is 1. The normalized spacial score (nSPS) is 13.9. The van der Waals surface area contributed by atoms with Gasteiger partial charge in [0.15, 0.2) is 0 Å². The lowest BCUT2D eigenvalue weighted by molar-refractivity contribution is 0.0693. The first-order valence-corrected chi connectivity index (χ1v) is 9.59. The highest BCUT2D eigenvalue weighted by Gasteiger charge is 2.16. The van der Waals surface area contributed by atoms with E-state index in [2.05, 4.69) is 10.3 Å². The van der Waals surface area contributed by atoms with Crippen molar-refractivity contribution in [2.75, 3.05) is 0 Å². The number of benzene rings is 2. The van der Waals surface area contributed by atoms with E-state index in [4.69, 9.17) is 14.9 Å². The number of rotatable bonds is 3. The van der Waals surface area contributed by atoms with Crippen LogP contribution in [-0.4, -0.2) is 33.3 Å². The Morgan fingerprint density at radius 1 is 1.03 bits per heavy atom. The second kappa shape index (κ2) is 9.64. The molecule has 0 saturated heterocycles. The summed E-state index contributed by atoms with van der Waals surface area (Å²) in [6, 6.07) is 13.7. The van der Waals surface area contributed by atoms with Gasteiger partial charge in [-0.25, -0.2) is 9.59 Å². The maximum Gasteiger partial charge on any atom is 0.412 e. The van der Waals surface area contributed by atoms with Gasteiger partial charge in [0, 0.05) is 23.8 Å². The number of aromatic amines is 1. The number of amides is 1. The van der Waals surface area contributed by atoms with Crippen LogP contribution >= 0.6 is 0 Å². The molecule has 1 saturated carbocycles. The number of carbonyl (C=O) groups is 2. The van der Waals surface area contributed by atoms with E-state index < -0.39 is 5.97 Å². The van der Waals surface area contributed by atoms with Crippen LogP contribution < -0.4 is 10.1 Å². The van der Waals surface area contributed by atoms with Crippen molar-refractivity contribution in [2.45, 2.75) is 38.1 Å². The molecule has 0 bridgehead atoms. The molecule has 0 radical (unpaired) electrons. The summed E-state index contributed by atoms with van der Waals surface area (Å²) in [5.74, 6) is -0.739. The van der Waals surface area contributed by atoms with E-state index in [1.54, 1.807) is 12.1 Å². The zero-order valence-corrected chi connectivity index (χ0v) is 15.9. The van der Waals surface area contributed by atoms with Gasteiger partial charge in [0.05, 0.1) is 0 Å². The third kappa shape index (κ3) is 5.75. The lowest BCUT2D eigenvalue weighted by atomic mass is 9.96. The number of fused-ring (bicyclic) bond motifs is 1. The van der Waals surface area contributed by atoms with Gasteiger partial charge in [-0.05, 0) is 48.6 Å². The Bertz CT molecular complexity index is 976. The van der Waals surface area contributed by atoms with Crippen molar-refractivity contribution < 1.29 is 24.5 Å². The zero-order valence-electron chi connectivity index (χ0n) is 15.9. The molecule has 29 heavy (non-hydrogen) atoms. The highest BCUT2D eigenvalue weighted by Crippen LogP contribution is 2.21. The van der Waals surface area contributed by atoms with Gasteiger partial charge in [0.1, 0.15) is 17.1 Å². The number of phenols is 1. The molecule has 152 valence electrons. The molecular formula is C22H24N2O5. The summed E-state index contributed by atoms with van der Waals surface area (Å²) in [6.07, 6.45) is 7.31.